The van der Waals surface area contributed by atoms with Gasteiger partial charge in [-0.3, -0.25) is 4.74 Å². The largest absolute Gasteiger partial charge is 0.522 e. The average Bonchev–Trinajstić information content (AvgIpc) is 2.74. The minimum absolute atomic E-state index is 0.157. The summed E-state index contributed by atoms with van der Waals surface area (Å²) in [5.41, 5.74) is 2.38. The van der Waals surface area contributed by atoms with Gasteiger partial charge in [-0.15, -0.1) is 19.8 Å². The van der Waals surface area contributed by atoms with E-state index >= 15 is 0 Å². The number of benzene rings is 1. The Morgan fingerprint density at radius 2 is 1.67 bits per heavy atom. The third-order valence-electron chi connectivity index (χ3n) is 6.93. The van der Waals surface area contributed by atoms with E-state index in [9.17, 15) is 13.2 Å². The van der Waals surface area contributed by atoms with Crippen LogP contribution in [0, 0.1) is 29.6 Å². The Labute approximate surface area is 179 Å². The van der Waals surface area contributed by atoms with E-state index in [2.05, 4.69) is 60.4 Å². The van der Waals surface area contributed by atoms with E-state index in [1.165, 1.54) is 37.7 Å². The van der Waals surface area contributed by atoms with Crippen molar-refractivity contribution in [3.63, 3.8) is 0 Å². The number of allylic oxidation sites excluding steroid dienone is 1. The minimum atomic E-state index is -4.53. The summed E-state index contributed by atoms with van der Waals surface area (Å²) >= 11 is 0. The Kier molecular flexibility index (Phi) is 8.06. The molecular weight excluding hydrogens is 385 g/mol. The lowest BCUT2D eigenvalue weighted by atomic mass is 9.73. The first-order valence-corrected chi connectivity index (χ1v) is 11.4. The van der Waals surface area contributed by atoms with Gasteiger partial charge in [0.05, 0.1) is 6.10 Å². The Balaban J connectivity index is 1.48. The van der Waals surface area contributed by atoms with E-state index in [-0.39, 0.29) is 5.92 Å². The first kappa shape index (κ1) is 22.9. The van der Waals surface area contributed by atoms with Crippen LogP contribution in [-0.2, 0) is 4.74 Å². The molecule has 1 aromatic rings. The fraction of sp³-hybridized carbons (Fsp3) is 0.615. The van der Waals surface area contributed by atoms with E-state index < -0.39 is 12.5 Å². The molecule has 0 N–H and O–H groups in total. The van der Waals surface area contributed by atoms with Crippen LogP contribution in [0.15, 0.2) is 36.9 Å². The van der Waals surface area contributed by atoms with Gasteiger partial charge in [0.1, 0.15) is 0 Å². The van der Waals surface area contributed by atoms with Gasteiger partial charge in [-0.1, -0.05) is 37.0 Å². The van der Waals surface area contributed by atoms with E-state index in [0.717, 1.165) is 11.5 Å². The van der Waals surface area contributed by atoms with Crippen molar-refractivity contribution in [2.75, 3.05) is 0 Å². The van der Waals surface area contributed by atoms with Crippen LogP contribution in [-0.4, -0.2) is 12.5 Å². The molecule has 1 nitrogen and oxygen atoms in total. The van der Waals surface area contributed by atoms with E-state index in [0.29, 0.717) is 37.5 Å². The molecule has 4 heteroatoms. The Morgan fingerprint density at radius 1 is 1.03 bits per heavy atom. The third-order valence-corrected chi connectivity index (χ3v) is 6.93. The summed E-state index contributed by atoms with van der Waals surface area (Å²) in [7, 11) is 0. The number of ether oxygens (including phenoxy) is 1. The standard InChI is InChI=1S/C26H33F3O/c1-3-21(4-2)22-13-15-24(16-14-22)23-11-7-19(8-12-23)5-6-20-9-17-25(18-10-20)30-26(27,28)29/h3,7-8,11-12,20-22,24-25H,1,4,9-10,13-18H2,2H3/t20-,21?,22-,24-,25-. The number of alkyl halides is 3. The highest BCUT2D eigenvalue weighted by atomic mass is 19.4. The first-order valence-electron chi connectivity index (χ1n) is 11.4. The van der Waals surface area contributed by atoms with Crippen molar-refractivity contribution in [1.29, 1.82) is 0 Å². The van der Waals surface area contributed by atoms with Crippen LogP contribution >= 0.6 is 0 Å². The van der Waals surface area contributed by atoms with Crippen LogP contribution in [0.5, 0.6) is 0 Å². The lowest BCUT2D eigenvalue weighted by Crippen LogP contribution is -2.27. The van der Waals surface area contributed by atoms with Gasteiger partial charge in [-0.05, 0) is 93.2 Å². The normalized spacial score (nSPS) is 28.3. The molecule has 0 saturated heterocycles. The number of hydrogen-bond acceptors (Lipinski definition) is 1. The van der Waals surface area contributed by atoms with Gasteiger partial charge in [0, 0.05) is 11.5 Å². The van der Waals surface area contributed by atoms with Crippen molar-refractivity contribution >= 4 is 0 Å². The monoisotopic (exact) mass is 418 g/mol. The molecule has 0 spiro atoms. The van der Waals surface area contributed by atoms with Crippen molar-refractivity contribution in [2.45, 2.75) is 83.1 Å². The van der Waals surface area contributed by atoms with Crippen molar-refractivity contribution < 1.29 is 17.9 Å². The summed E-state index contributed by atoms with van der Waals surface area (Å²) in [6.07, 6.45) is 5.27. The summed E-state index contributed by atoms with van der Waals surface area (Å²) in [5, 5.41) is 0. The molecule has 1 atom stereocenters. The molecule has 0 amide bonds. The first-order chi connectivity index (χ1) is 14.4. The molecule has 30 heavy (non-hydrogen) atoms. The predicted molar refractivity (Wildman–Crippen MR) is 115 cm³/mol. The molecule has 2 aliphatic rings. The zero-order valence-corrected chi connectivity index (χ0v) is 17.9. The number of halogens is 3. The molecule has 2 saturated carbocycles. The van der Waals surface area contributed by atoms with Gasteiger partial charge in [0.15, 0.2) is 0 Å². The van der Waals surface area contributed by atoms with Gasteiger partial charge in [0.2, 0.25) is 0 Å². The molecular formula is C26H33F3O. The lowest BCUT2D eigenvalue weighted by Gasteiger charge is -2.32. The average molecular weight is 419 g/mol. The maximum atomic E-state index is 12.3. The molecule has 3 rings (SSSR count). The zero-order chi connectivity index (χ0) is 21.6. The second kappa shape index (κ2) is 10.5. The lowest BCUT2D eigenvalue weighted by molar-refractivity contribution is -0.345. The highest BCUT2D eigenvalue weighted by molar-refractivity contribution is 5.37. The molecule has 1 unspecified atom stereocenters. The van der Waals surface area contributed by atoms with Crippen LogP contribution in [0.25, 0.3) is 0 Å². The maximum absolute atomic E-state index is 12.3. The molecule has 0 bridgehead atoms. The Bertz CT molecular complexity index is 724. The van der Waals surface area contributed by atoms with Gasteiger partial charge in [0.25, 0.3) is 0 Å². The van der Waals surface area contributed by atoms with Gasteiger partial charge in [-0.25, -0.2) is 0 Å². The van der Waals surface area contributed by atoms with E-state index in [4.69, 9.17) is 0 Å². The highest BCUT2D eigenvalue weighted by Gasteiger charge is 2.35. The Morgan fingerprint density at radius 3 is 2.20 bits per heavy atom. The van der Waals surface area contributed by atoms with E-state index in [1.807, 2.05) is 0 Å². The Hall–Kier alpha value is -1.73. The molecule has 164 valence electrons. The summed E-state index contributed by atoms with van der Waals surface area (Å²) in [6.45, 7) is 6.25. The predicted octanol–water partition coefficient (Wildman–Crippen LogP) is 7.62. The third kappa shape index (κ3) is 6.64. The fourth-order valence-electron chi connectivity index (χ4n) is 5.11. The molecule has 0 heterocycles. The van der Waals surface area contributed by atoms with Gasteiger partial charge < -0.3 is 0 Å². The van der Waals surface area contributed by atoms with E-state index in [1.54, 1.807) is 0 Å². The molecule has 0 aliphatic heterocycles. The topological polar surface area (TPSA) is 9.23 Å². The second-order valence-electron chi connectivity index (χ2n) is 8.85. The maximum Gasteiger partial charge on any atom is 0.522 e. The quantitative estimate of drug-likeness (QED) is 0.353. The number of rotatable bonds is 5. The van der Waals surface area contributed by atoms with Crippen LogP contribution in [0.2, 0.25) is 0 Å². The van der Waals surface area contributed by atoms with Crippen molar-refractivity contribution in [3.05, 3.63) is 48.0 Å². The van der Waals surface area contributed by atoms with Gasteiger partial charge >= 0.3 is 6.36 Å². The minimum Gasteiger partial charge on any atom is -0.289 e. The molecule has 0 radical (unpaired) electrons. The van der Waals surface area contributed by atoms with Crippen molar-refractivity contribution in [3.8, 4) is 11.8 Å². The van der Waals surface area contributed by atoms with Gasteiger partial charge in [-0.2, -0.15) is 0 Å². The van der Waals surface area contributed by atoms with Crippen LogP contribution in [0.3, 0.4) is 0 Å². The SMILES string of the molecule is C=CC(CC)[C@H]1CC[C@H](c2ccc(C#C[C@H]3CC[C@H](OC(F)(F)F)CC3)cc2)CC1. The highest BCUT2D eigenvalue weighted by Crippen LogP contribution is 2.40. The van der Waals surface area contributed by atoms with Crippen LogP contribution in [0.1, 0.15) is 81.8 Å². The summed E-state index contributed by atoms with van der Waals surface area (Å²) in [5.74, 6) is 8.70. The van der Waals surface area contributed by atoms with Crippen molar-refractivity contribution in [1.82, 2.24) is 0 Å². The fourth-order valence-corrected chi connectivity index (χ4v) is 5.11. The summed E-state index contributed by atoms with van der Waals surface area (Å²) in [6, 6.07) is 8.58. The molecule has 2 aliphatic carbocycles. The summed E-state index contributed by atoms with van der Waals surface area (Å²) in [4.78, 5) is 0. The molecule has 0 aromatic heterocycles. The molecule has 1 aromatic carbocycles. The summed E-state index contributed by atoms with van der Waals surface area (Å²) < 4.78 is 41.1. The molecule has 2 fully saturated rings. The second-order valence-corrected chi connectivity index (χ2v) is 8.85. The smallest absolute Gasteiger partial charge is 0.289 e. The zero-order valence-electron chi connectivity index (χ0n) is 17.9. The van der Waals surface area contributed by atoms with Crippen molar-refractivity contribution in [2.24, 2.45) is 17.8 Å². The number of hydrogen-bond donors (Lipinski definition) is 0. The van der Waals surface area contributed by atoms with Crippen LogP contribution in [0.4, 0.5) is 13.2 Å². The van der Waals surface area contributed by atoms with Crippen LogP contribution < -0.4 is 0 Å².